The molecule has 1 N–H and O–H groups in total. The van der Waals surface area contributed by atoms with Crippen LogP contribution in [0, 0.1) is 0 Å². The summed E-state index contributed by atoms with van der Waals surface area (Å²) in [6.45, 7) is 0.809. The quantitative estimate of drug-likeness (QED) is 0.926. The topological polar surface area (TPSA) is 34.1 Å². The van der Waals surface area contributed by atoms with Gasteiger partial charge < -0.3 is 10.1 Å². The molecule has 3 nitrogen and oxygen atoms in total. The molecule has 104 valence electrons. The van der Waals surface area contributed by atoms with E-state index in [0.29, 0.717) is 6.04 Å². The van der Waals surface area contributed by atoms with E-state index in [1.54, 1.807) is 13.3 Å². The number of fused-ring (bicyclic) bond motifs is 1. The van der Waals surface area contributed by atoms with Gasteiger partial charge in [0.15, 0.2) is 0 Å². The highest BCUT2D eigenvalue weighted by molar-refractivity contribution is 5.30. The molecule has 0 saturated heterocycles. The van der Waals surface area contributed by atoms with E-state index in [9.17, 15) is 0 Å². The Hall–Kier alpha value is -1.87. The Kier molecular flexibility index (Phi) is 3.97. The fourth-order valence-electron chi connectivity index (χ4n) is 2.87. The minimum absolute atomic E-state index is 0.537. The normalized spacial score (nSPS) is 17.6. The van der Waals surface area contributed by atoms with E-state index in [1.165, 1.54) is 17.5 Å². The van der Waals surface area contributed by atoms with Crippen LogP contribution in [0.4, 0.5) is 0 Å². The highest BCUT2D eigenvalue weighted by Gasteiger charge is 2.18. The lowest BCUT2D eigenvalue weighted by Crippen LogP contribution is -2.34. The van der Waals surface area contributed by atoms with Crippen LogP contribution in [0.5, 0.6) is 5.88 Å². The van der Waals surface area contributed by atoms with Crippen molar-refractivity contribution in [3.05, 3.63) is 59.3 Å². The molecule has 0 saturated carbocycles. The molecule has 0 fully saturated rings. The molecule has 0 radical (unpaired) electrons. The first-order chi connectivity index (χ1) is 9.86. The molecule has 0 spiro atoms. The number of aromatic nitrogens is 1. The monoisotopic (exact) mass is 268 g/mol. The van der Waals surface area contributed by atoms with Crippen molar-refractivity contribution in [1.82, 2.24) is 10.3 Å². The lowest BCUT2D eigenvalue weighted by molar-refractivity contribution is 0.385. The summed E-state index contributed by atoms with van der Waals surface area (Å²) in [5.41, 5.74) is 4.10. The maximum atomic E-state index is 5.29. The van der Waals surface area contributed by atoms with Crippen molar-refractivity contribution >= 4 is 0 Å². The van der Waals surface area contributed by atoms with Gasteiger partial charge in [0.05, 0.1) is 7.11 Å². The second-order valence-corrected chi connectivity index (χ2v) is 5.26. The van der Waals surface area contributed by atoms with Crippen molar-refractivity contribution in [2.75, 3.05) is 7.11 Å². The van der Waals surface area contributed by atoms with E-state index < -0.39 is 0 Å². The van der Waals surface area contributed by atoms with E-state index in [-0.39, 0.29) is 0 Å². The Labute approximate surface area is 120 Å². The van der Waals surface area contributed by atoms with Gasteiger partial charge in [0.2, 0.25) is 5.88 Å². The average Bonchev–Trinajstić information content (AvgIpc) is 2.53. The molecule has 20 heavy (non-hydrogen) atoms. The zero-order valence-electron chi connectivity index (χ0n) is 11.8. The second-order valence-electron chi connectivity index (χ2n) is 5.26. The van der Waals surface area contributed by atoms with Crippen LogP contribution < -0.4 is 10.1 Å². The second kappa shape index (κ2) is 6.06. The predicted octanol–water partition coefficient (Wildman–Crippen LogP) is 2.74. The van der Waals surface area contributed by atoms with Crippen molar-refractivity contribution < 1.29 is 4.74 Å². The van der Waals surface area contributed by atoms with E-state index in [4.69, 9.17) is 4.74 Å². The van der Waals surface area contributed by atoms with Crippen molar-refractivity contribution in [3.63, 3.8) is 0 Å². The van der Waals surface area contributed by atoms with Crippen LogP contribution in [0.2, 0.25) is 0 Å². The molecule has 0 aliphatic heterocycles. The Morgan fingerprint density at radius 1 is 1.20 bits per heavy atom. The highest BCUT2D eigenvalue weighted by Crippen LogP contribution is 2.22. The summed E-state index contributed by atoms with van der Waals surface area (Å²) < 4.78 is 5.29. The molecule has 1 aliphatic carbocycles. The first-order valence-corrected chi connectivity index (χ1v) is 7.15. The SMILES string of the molecule is COc1ncccc1CNC1CCc2ccccc2C1. The van der Waals surface area contributed by atoms with Crippen LogP contribution in [0.3, 0.4) is 0 Å². The van der Waals surface area contributed by atoms with Gasteiger partial charge in [-0.3, -0.25) is 0 Å². The fraction of sp³-hybridized carbons (Fsp3) is 0.353. The number of hydrogen-bond donors (Lipinski definition) is 1. The summed E-state index contributed by atoms with van der Waals surface area (Å²) >= 11 is 0. The molecule has 1 aliphatic rings. The average molecular weight is 268 g/mol. The number of pyridine rings is 1. The van der Waals surface area contributed by atoms with E-state index in [0.717, 1.165) is 30.8 Å². The maximum absolute atomic E-state index is 5.29. The third kappa shape index (κ3) is 2.83. The van der Waals surface area contributed by atoms with Crippen molar-refractivity contribution in [1.29, 1.82) is 0 Å². The molecule has 2 aromatic rings. The van der Waals surface area contributed by atoms with Gasteiger partial charge in [-0.25, -0.2) is 4.98 Å². The van der Waals surface area contributed by atoms with Gasteiger partial charge in [0, 0.05) is 24.3 Å². The molecule has 1 heterocycles. The van der Waals surface area contributed by atoms with Crippen molar-refractivity contribution in [2.24, 2.45) is 0 Å². The molecule has 1 aromatic heterocycles. The summed E-state index contributed by atoms with van der Waals surface area (Å²) in [5.74, 6) is 0.719. The lowest BCUT2D eigenvalue weighted by atomic mass is 9.88. The van der Waals surface area contributed by atoms with Crippen LogP contribution in [-0.4, -0.2) is 18.1 Å². The van der Waals surface area contributed by atoms with Gasteiger partial charge >= 0.3 is 0 Å². The number of hydrogen-bond acceptors (Lipinski definition) is 3. The summed E-state index contributed by atoms with van der Waals surface area (Å²) in [6, 6.07) is 13.3. The largest absolute Gasteiger partial charge is 0.481 e. The number of methoxy groups -OCH3 is 1. The zero-order valence-corrected chi connectivity index (χ0v) is 11.8. The molecular formula is C17H20N2O. The minimum atomic E-state index is 0.537. The molecule has 1 atom stereocenters. The van der Waals surface area contributed by atoms with E-state index in [2.05, 4.69) is 40.6 Å². The number of benzene rings is 1. The van der Waals surface area contributed by atoms with Crippen LogP contribution in [0.15, 0.2) is 42.6 Å². The molecule has 1 aromatic carbocycles. The van der Waals surface area contributed by atoms with Crippen molar-refractivity contribution in [3.8, 4) is 5.88 Å². The Morgan fingerprint density at radius 3 is 2.90 bits per heavy atom. The van der Waals surface area contributed by atoms with Gasteiger partial charge in [-0.1, -0.05) is 30.3 Å². The van der Waals surface area contributed by atoms with Gasteiger partial charge in [0.25, 0.3) is 0 Å². The van der Waals surface area contributed by atoms with Gasteiger partial charge in [-0.05, 0) is 36.5 Å². The minimum Gasteiger partial charge on any atom is -0.481 e. The number of rotatable bonds is 4. The predicted molar refractivity (Wildman–Crippen MR) is 79.9 cm³/mol. The lowest BCUT2D eigenvalue weighted by Gasteiger charge is -2.25. The third-order valence-corrected chi connectivity index (χ3v) is 3.97. The van der Waals surface area contributed by atoms with E-state index in [1.807, 2.05) is 6.07 Å². The molecule has 3 rings (SSSR count). The first-order valence-electron chi connectivity index (χ1n) is 7.15. The molecule has 3 heteroatoms. The fourth-order valence-corrected chi connectivity index (χ4v) is 2.87. The van der Waals surface area contributed by atoms with Crippen LogP contribution >= 0.6 is 0 Å². The maximum Gasteiger partial charge on any atom is 0.217 e. The number of aryl methyl sites for hydroxylation is 1. The highest BCUT2D eigenvalue weighted by atomic mass is 16.5. The Bertz CT molecular complexity index is 583. The van der Waals surface area contributed by atoms with Gasteiger partial charge in [-0.15, -0.1) is 0 Å². The molecule has 0 bridgehead atoms. The number of nitrogens with zero attached hydrogens (tertiary/aromatic N) is 1. The molecular weight excluding hydrogens is 248 g/mol. The van der Waals surface area contributed by atoms with Gasteiger partial charge in [-0.2, -0.15) is 0 Å². The number of ether oxygens (including phenoxy) is 1. The smallest absolute Gasteiger partial charge is 0.217 e. The third-order valence-electron chi connectivity index (χ3n) is 3.97. The Morgan fingerprint density at radius 2 is 2.05 bits per heavy atom. The van der Waals surface area contributed by atoms with Crippen molar-refractivity contribution in [2.45, 2.75) is 31.8 Å². The first kappa shape index (κ1) is 13.1. The summed E-state index contributed by atoms with van der Waals surface area (Å²) in [5, 5.41) is 3.63. The van der Waals surface area contributed by atoms with Crippen LogP contribution in [0.25, 0.3) is 0 Å². The summed E-state index contributed by atoms with van der Waals surface area (Å²) in [4.78, 5) is 4.23. The number of nitrogens with one attached hydrogen (secondary N) is 1. The summed E-state index contributed by atoms with van der Waals surface area (Å²) in [6.07, 6.45) is 5.23. The standard InChI is InChI=1S/C17H20N2O/c1-20-17-15(7-4-10-18-17)12-19-16-9-8-13-5-2-3-6-14(13)11-16/h2-7,10,16,19H,8-9,11-12H2,1H3. The zero-order chi connectivity index (χ0) is 13.8. The molecule has 1 unspecified atom stereocenters. The Balaban J connectivity index is 1.63. The molecule has 0 amide bonds. The van der Waals surface area contributed by atoms with Gasteiger partial charge in [0.1, 0.15) is 0 Å². The van der Waals surface area contributed by atoms with E-state index >= 15 is 0 Å². The van der Waals surface area contributed by atoms with Crippen LogP contribution in [-0.2, 0) is 19.4 Å². The summed E-state index contributed by atoms with van der Waals surface area (Å²) in [7, 11) is 1.67. The van der Waals surface area contributed by atoms with Crippen LogP contribution in [0.1, 0.15) is 23.1 Å².